The van der Waals surface area contributed by atoms with E-state index in [1.165, 1.54) is 32.9 Å². The molecule has 8 heteroatoms. The first-order valence-electron chi connectivity index (χ1n) is 8.51. The number of hydrogen-bond donors (Lipinski definition) is 0. The molecular formula is C21H18N2O5S. The number of ether oxygens (including phenoxy) is 3. The smallest absolute Gasteiger partial charge is 0.341 e. The molecule has 0 saturated carbocycles. The van der Waals surface area contributed by atoms with Crippen molar-refractivity contribution in [1.29, 1.82) is 0 Å². The Bertz CT molecular complexity index is 1010. The molecule has 3 rings (SSSR count). The summed E-state index contributed by atoms with van der Waals surface area (Å²) in [6.45, 7) is 0. The predicted octanol–water partition coefficient (Wildman–Crippen LogP) is 3.60. The molecule has 0 aliphatic heterocycles. The monoisotopic (exact) mass is 410 g/mol. The normalized spacial score (nSPS) is 12.2. The molecule has 0 spiro atoms. The number of rotatable bonds is 7. The lowest BCUT2D eigenvalue weighted by molar-refractivity contribution is -0.133. The number of benzene rings is 2. The zero-order valence-electron chi connectivity index (χ0n) is 15.8. The van der Waals surface area contributed by atoms with Crippen molar-refractivity contribution in [3.8, 4) is 11.6 Å². The van der Waals surface area contributed by atoms with Gasteiger partial charge in [0.1, 0.15) is 17.6 Å². The van der Waals surface area contributed by atoms with E-state index in [0.717, 1.165) is 0 Å². The number of carbonyl (C=O) groups is 1. The molecule has 148 valence electrons. The third kappa shape index (κ3) is 4.92. The number of aromatic nitrogens is 2. The summed E-state index contributed by atoms with van der Waals surface area (Å²) in [6, 6.07) is 17.3. The fourth-order valence-electron chi connectivity index (χ4n) is 2.49. The van der Waals surface area contributed by atoms with Crippen LogP contribution in [-0.4, -0.2) is 34.7 Å². The van der Waals surface area contributed by atoms with E-state index >= 15 is 0 Å². The van der Waals surface area contributed by atoms with Crippen molar-refractivity contribution >= 4 is 22.7 Å². The molecule has 0 fully saturated rings. The highest BCUT2D eigenvalue weighted by atomic mass is 32.2. The van der Waals surface area contributed by atoms with Gasteiger partial charge in [-0.15, -0.1) is 0 Å². The number of esters is 1. The molecule has 29 heavy (non-hydrogen) atoms. The van der Waals surface area contributed by atoms with E-state index in [1.54, 1.807) is 48.5 Å². The van der Waals surface area contributed by atoms with E-state index in [9.17, 15) is 9.35 Å². The van der Waals surface area contributed by atoms with E-state index in [-0.39, 0.29) is 11.5 Å². The second-order valence-electron chi connectivity index (χ2n) is 5.63. The molecule has 0 saturated heterocycles. The zero-order valence-corrected chi connectivity index (χ0v) is 16.6. The van der Waals surface area contributed by atoms with Gasteiger partial charge < -0.3 is 18.8 Å². The topological polar surface area (TPSA) is 93.6 Å². The fraction of sp³-hybridized carbons (Fsp3) is 0.0952. The van der Waals surface area contributed by atoms with Crippen LogP contribution in [0.15, 0.2) is 83.2 Å². The largest absolute Gasteiger partial charge is 0.605 e. The van der Waals surface area contributed by atoms with Crippen molar-refractivity contribution in [2.75, 3.05) is 14.2 Å². The Morgan fingerprint density at radius 1 is 1.03 bits per heavy atom. The van der Waals surface area contributed by atoms with Gasteiger partial charge in [-0.25, -0.2) is 9.78 Å². The van der Waals surface area contributed by atoms with Crippen molar-refractivity contribution < 1.29 is 23.6 Å². The second-order valence-corrected chi connectivity index (χ2v) is 7.06. The van der Waals surface area contributed by atoms with Gasteiger partial charge in [0, 0.05) is 16.7 Å². The lowest BCUT2D eigenvalue weighted by Gasteiger charge is -2.13. The molecule has 7 nitrogen and oxygen atoms in total. The molecular weight excluding hydrogens is 392 g/mol. The average molecular weight is 410 g/mol. The van der Waals surface area contributed by atoms with Crippen molar-refractivity contribution in [3.63, 3.8) is 0 Å². The van der Waals surface area contributed by atoms with Crippen LogP contribution in [0.1, 0.15) is 5.56 Å². The molecule has 0 amide bonds. The Labute approximate surface area is 171 Å². The predicted molar refractivity (Wildman–Crippen MR) is 107 cm³/mol. The Morgan fingerprint density at radius 3 is 2.48 bits per heavy atom. The number of para-hydroxylation sites is 1. The first-order valence-corrected chi connectivity index (χ1v) is 9.66. The van der Waals surface area contributed by atoms with Gasteiger partial charge in [-0.3, -0.25) is 0 Å². The highest BCUT2D eigenvalue weighted by Crippen LogP contribution is 2.31. The third-order valence-electron chi connectivity index (χ3n) is 3.80. The molecule has 3 aromatic rings. The summed E-state index contributed by atoms with van der Waals surface area (Å²) in [7, 11) is 2.72. The zero-order chi connectivity index (χ0) is 20.6. The molecule has 1 heterocycles. The second kappa shape index (κ2) is 9.72. The first-order chi connectivity index (χ1) is 14.1. The summed E-state index contributed by atoms with van der Waals surface area (Å²) in [4.78, 5) is 20.9. The molecule has 0 aliphatic rings. The average Bonchev–Trinajstić information content (AvgIpc) is 2.78. The molecule has 2 aromatic carbocycles. The Hall–Kier alpha value is -3.36. The molecule has 0 aliphatic carbocycles. The summed E-state index contributed by atoms with van der Waals surface area (Å²) in [5, 5.41) is 0.305. The molecule has 1 atom stereocenters. The van der Waals surface area contributed by atoms with Crippen LogP contribution in [0.5, 0.6) is 11.6 Å². The van der Waals surface area contributed by atoms with E-state index in [0.29, 0.717) is 21.2 Å². The molecule has 1 aromatic heterocycles. The van der Waals surface area contributed by atoms with E-state index in [2.05, 4.69) is 9.97 Å². The van der Waals surface area contributed by atoms with Crippen molar-refractivity contribution in [2.24, 2.45) is 0 Å². The van der Waals surface area contributed by atoms with Crippen molar-refractivity contribution in [1.82, 2.24) is 9.97 Å². The summed E-state index contributed by atoms with van der Waals surface area (Å²) < 4.78 is 28.4. The number of hydrogen-bond acceptors (Lipinski definition) is 7. The SMILES string of the molecule is CO/C=C(/C(=O)OC)c1ccccc1Oc1cc([S+]([O-])c2ccccc2)ncn1. The van der Waals surface area contributed by atoms with Gasteiger partial charge in [0.2, 0.25) is 5.88 Å². The molecule has 0 bridgehead atoms. The van der Waals surface area contributed by atoms with Gasteiger partial charge >= 0.3 is 5.97 Å². The van der Waals surface area contributed by atoms with E-state index in [4.69, 9.17) is 14.2 Å². The maximum Gasteiger partial charge on any atom is 0.341 e. The lowest BCUT2D eigenvalue weighted by Crippen LogP contribution is -2.07. The van der Waals surface area contributed by atoms with Gasteiger partial charge in [0.15, 0.2) is 4.90 Å². The minimum atomic E-state index is -1.48. The van der Waals surface area contributed by atoms with Crippen LogP contribution >= 0.6 is 0 Å². The standard InChI is InChI=1S/C21H18N2O5S/c1-26-13-17(21(24)27-2)16-10-6-7-11-18(16)28-19-12-20(23-14-22-19)29(25)15-8-4-3-5-9-15/h3-14H,1-2H3/b17-13+. The van der Waals surface area contributed by atoms with Crippen molar-refractivity contribution in [2.45, 2.75) is 9.92 Å². The van der Waals surface area contributed by atoms with Gasteiger partial charge in [0.05, 0.1) is 26.5 Å². The van der Waals surface area contributed by atoms with Gasteiger partial charge in [-0.2, -0.15) is 4.98 Å². The maximum atomic E-state index is 12.7. The first kappa shape index (κ1) is 20.4. The highest BCUT2D eigenvalue weighted by Gasteiger charge is 2.20. The number of carbonyl (C=O) groups excluding carboxylic acids is 1. The van der Waals surface area contributed by atoms with Crippen LogP contribution in [0.4, 0.5) is 0 Å². The number of nitrogens with zero attached hydrogens (tertiary/aromatic N) is 2. The maximum absolute atomic E-state index is 12.7. The van der Waals surface area contributed by atoms with Crippen molar-refractivity contribution in [3.05, 3.63) is 78.8 Å². The van der Waals surface area contributed by atoms with E-state index < -0.39 is 17.1 Å². The van der Waals surface area contributed by atoms with Crippen LogP contribution in [0.25, 0.3) is 5.57 Å². The molecule has 0 radical (unpaired) electrons. The third-order valence-corrected chi connectivity index (χ3v) is 5.10. The summed E-state index contributed by atoms with van der Waals surface area (Å²) >= 11 is -1.48. The van der Waals surface area contributed by atoms with Crippen LogP contribution in [0.2, 0.25) is 0 Å². The van der Waals surface area contributed by atoms with Crippen LogP contribution in [0, 0.1) is 0 Å². The van der Waals surface area contributed by atoms with Gasteiger partial charge in [-0.05, 0) is 18.2 Å². The Kier molecular flexibility index (Phi) is 6.83. The Morgan fingerprint density at radius 2 is 1.76 bits per heavy atom. The summed E-state index contributed by atoms with van der Waals surface area (Å²) in [6.07, 6.45) is 2.56. The van der Waals surface area contributed by atoms with E-state index in [1.807, 2.05) is 6.07 Å². The minimum absolute atomic E-state index is 0.188. The summed E-state index contributed by atoms with van der Waals surface area (Å²) in [5.74, 6) is -0.0267. The van der Waals surface area contributed by atoms with Crippen LogP contribution in [0.3, 0.4) is 0 Å². The quantitative estimate of drug-likeness (QED) is 0.193. The molecule has 1 unspecified atom stereocenters. The number of methoxy groups -OCH3 is 2. The highest BCUT2D eigenvalue weighted by molar-refractivity contribution is 7.91. The van der Waals surface area contributed by atoms with Crippen LogP contribution < -0.4 is 4.74 Å². The van der Waals surface area contributed by atoms with Gasteiger partial charge in [0.25, 0.3) is 5.03 Å². The Balaban J connectivity index is 1.92. The lowest BCUT2D eigenvalue weighted by atomic mass is 10.1. The molecule has 0 N–H and O–H groups in total. The fourth-order valence-corrected chi connectivity index (χ4v) is 3.48. The van der Waals surface area contributed by atoms with Crippen LogP contribution in [-0.2, 0) is 25.4 Å². The van der Waals surface area contributed by atoms with Gasteiger partial charge in [-0.1, -0.05) is 36.4 Å². The minimum Gasteiger partial charge on any atom is -0.605 e. The summed E-state index contributed by atoms with van der Waals surface area (Å²) in [5.41, 5.74) is 0.651.